The van der Waals surface area contributed by atoms with Gasteiger partial charge in [0.05, 0.1) is 24.4 Å². The van der Waals surface area contributed by atoms with Crippen molar-refractivity contribution in [1.82, 2.24) is 0 Å². The zero-order chi connectivity index (χ0) is 33.0. The zero-order valence-corrected chi connectivity index (χ0v) is 28.5. The summed E-state index contributed by atoms with van der Waals surface area (Å²) < 4.78 is 10.9. The van der Waals surface area contributed by atoms with E-state index in [4.69, 9.17) is 9.47 Å². The lowest BCUT2D eigenvalue weighted by Crippen LogP contribution is -2.30. The normalized spacial score (nSPS) is 17.4. The number of rotatable bonds is 17. The first kappa shape index (κ1) is 36.3. The van der Waals surface area contributed by atoms with Gasteiger partial charge in [0.1, 0.15) is 0 Å². The van der Waals surface area contributed by atoms with Gasteiger partial charge in [-0.15, -0.1) is 0 Å². The predicted molar refractivity (Wildman–Crippen MR) is 184 cm³/mol. The smallest absolute Gasteiger partial charge is 0.336 e. The summed E-state index contributed by atoms with van der Waals surface area (Å²) in [5.41, 5.74) is 5.41. The molecule has 0 amide bonds. The van der Waals surface area contributed by atoms with Crippen LogP contribution < -0.4 is 0 Å². The van der Waals surface area contributed by atoms with Gasteiger partial charge in [0, 0.05) is 11.5 Å². The maximum Gasteiger partial charge on any atom is 0.336 e. The van der Waals surface area contributed by atoms with E-state index in [1.165, 1.54) is 93.0 Å². The molecule has 1 fully saturated rings. The van der Waals surface area contributed by atoms with Crippen LogP contribution in [0, 0.1) is 11.8 Å². The van der Waals surface area contributed by atoms with Crippen LogP contribution in [0.15, 0.2) is 66.8 Å². The van der Waals surface area contributed by atoms with Gasteiger partial charge >= 0.3 is 11.9 Å². The van der Waals surface area contributed by atoms with Crippen molar-refractivity contribution in [2.24, 2.45) is 11.8 Å². The fraction of sp³-hybridized carbons (Fsp3) is 0.550. The molecule has 0 saturated heterocycles. The van der Waals surface area contributed by atoms with Crippen molar-refractivity contribution in [3.05, 3.63) is 83.5 Å². The van der Waals surface area contributed by atoms with Gasteiger partial charge in [0.25, 0.3) is 0 Å². The van der Waals surface area contributed by atoms with Gasteiger partial charge in [-0.3, -0.25) is 0 Å². The molecule has 5 heteroatoms. The second kappa shape index (κ2) is 17.5. The fourth-order valence-corrected chi connectivity index (χ4v) is 6.21. The third-order valence-corrected chi connectivity index (χ3v) is 9.38. The summed E-state index contributed by atoms with van der Waals surface area (Å²) in [5, 5.41) is 10.1. The van der Waals surface area contributed by atoms with E-state index in [9.17, 15) is 14.7 Å². The second-order valence-corrected chi connectivity index (χ2v) is 13.6. The minimum Gasteiger partial charge on any atom is -0.462 e. The first-order chi connectivity index (χ1) is 21.4. The SMILES string of the molecule is C=C(C)C(=O)OCC(CCc1ccc(-c2ccc(C3CCC(CCCCC)CC3)cc2)c(CC)c1)COC(=O)C(=C)C(C)(C)O. The number of aryl methyl sites for hydroxylation is 2. The van der Waals surface area contributed by atoms with E-state index < -0.39 is 17.5 Å². The van der Waals surface area contributed by atoms with Gasteiger partial charge in [0.2, 0.25) is 0 Å². The topological polar surface area (TPSA) is 72.8 Å². The molecule has 0 heterocycles. The fourth-order valence-electron chi connectivity index (χ4n) is 6.21. The number of carbonyl (C=O) groups is 2. The van der Waals surface area contributed by atoms with Crippen LogP contribution in [0.4, 0.5) is 0 Å². The van der Waals surface area contributed by atoms with E-state index in [-0.39, 0.29) is 24.7 Å². The highest BCUT2D eigenvalue weighted by molar-refractivity contribution is 5.89. The quantitative estimate of drug-likeness (QED) is 0.109. The number of hydrogen-bond acceptors (Lipinski definition) is 5. The Labute approximate surface area is 272 Å². The molecule has 45 heavy (non-hydrogen) atoms. The molecule has 1 N–H and O–H groups in total. The van der Waals surface area contributed by atoms with Gasteiger partial charge in [-0.25, -0.2) is 9.59 Å². The molecular formula is C40H56O5. The Morgan fingerprint density at radius 2 is 1.58 bits per heavy atom. The van der Waals surface area contributed by atoms with Crippen LogP contribution in [-0.2, 0) is 31.9 Å². The molecule has 1 aliphatic carbocycles. The van der Waals surface area contributed by atoms with Crippen molar-refractivity contribution in [2.45, 2.75) is 117 Å². The highest BCUT2D eigenvalue weighted by Crippen LogP contribution is 2.38. The second-order valence-electron chi connectivity index (χ2n) is 13.6. The zero-order valence-electron chi connectivity index (χ0n) is 28.5. The van der Waals surface area contributed by atoms with E-state index in [0.29, 0.717) is 17.9 Å². The minimum absolute atomic E-state index is 0.0124. The highest BCUT2D eigenvalue weighted by Gasteiger charge is 2.26. The number of hydrogen-bond donors (Lipinski definition) is 1. The Kier molecular flexibility index (Phi) is 14.1. The van der Waals surface area contributed by atoms with E-state index in [2.05, 4.69) is 69.5 Å². The van der Waals surface area contributed by atoms with Gasteiger partial charge in [-0.1, -0.05) is 95.2 Å². The molecule has 3 rings (SSSR count). The molecule has 5 nitrogen and oxygen atoms in total. The number of benzene rings is 2. The Morgan fingerprint density at radius 3 is 2.16 bits per heavy atom. The van der Waals surface area contributed by atoms with E-state index in [0.717, 1.165) is 18.8 Å². The lowest BCUT2D eigenvalue weighted by atomic mass is 9.77. The average molecular weight is 617 g/mol. The monoisotopic (exact) mass is 616 g/mol. The number of ether oxygens (including phenoxy) is 2. The maximum absolute atomic E-state index is 12.4. The molecule has 0 radical (unpaired) electrons. The van der Waals surface area contributed by atoms with Crippen molar-refractivity contribution in [3.63, 3.8) is 0 Å². The van der Waals surface area contributed by atoms with E-state index in [1.807, 2.05) is 0 Å². The number of carbonyl (C=O) groups excluding carboxylic acids is 2. The van der Waals surface area contributed by atoms with Gasteiger partial charge in [-0.2, -0.15) is 0 Å². The van der Waals surface area contributed by atoms with Crippen molar-refractivity contribution < 1.29 is 24.2 Å². The molecule has 0 aromatic heterocycles. The van der Waals surface area contributed by atoms with Crippen molar-refractivity contribution in [3.8, 4) is 11.1 Å². The number of esters is 2. The summed E-state index contributed by atoms with van der Waals surface area (Å²) in [4.78, 5) is 24.5. The van der Waals surface area contributed by atoms with Gasteiger partial charge in [0.15, 0.2) is 0 Å². The molecule has 0 aliphatic heterocycles. The summed E-state index contributed by atoms with van der Waals surface area (Å²) in [7, 11) is 0. The molecule has 0 spiro atoms. The molecule has 1 aliphatic rings. The molecule has 0 bridgehead atoms. The summed E-state index contributed by atoms with van der Waals surface area (Å²) >= 11 is 0. The molecule has 1 atom stereocenters. The summed E-state index contributed by atoms with van der Waals surface area (Å²) in [6.07, 6.45) is 13.2. The van der Waals surface area contributed by atoms with E-state index in [1.54, 1.807) is 6.92 Å². The lowest BCUT2D eigenvalue weighted by molar-refractivity contribution is -0.145. The molecule has 1 unspecified atom stereocenters. The Bertz CT molecular complexity index is 1270. The summed E-state index contributed by atoms with van der Waals surface area (Å²) in [6, 6.07) is 15.9. The molecule has 2 aromatic rings. The van der Waals surface area contributed by atoms with Crippen LogP contribution in [0.2, 0.25) is 0 Å². The van der Waals surface area contributed by atoms with Gasteiger partial charge < -0.3 is 14.6 Å². The summed E-state index contributed by atoms with van der Waals surface area (Å²) in [6.45, 7) is 16.5. The van der Waals surface area contributed by atoms with Crippen LogP contribution in [0.1, 0.15) is 115 Å². The molecule has 2 aromatic carbocycles. The largest absolute Gasteiger partial charge is 0.462 e. The third kappa shape index (κ3) is 11.3. The minimum atomic E-state index is -1.37. The Balaban J connectivity index is 1.63. The summed E-state index contributed by atoms with van der Waals surface area (Å²) in [5.74, 6) is 0.275. The van der Waals surface area contributed by atoms with Crippen LogP contribution in [0.3, 0.4) is 0 Å². The third-order valence-electron chi connectivity index (χ3n) is 9.38. The van der Waals surface area contributed by atoms with E-state index >= 15 is 0 Å². The number of aliphatic hydroxyl groups is 1. The first-order valence-corrected chi connectivity index (χ1v) is 17.1. The van der Waals surface area contributed by atoms with Crippen LogP contribution in [0.5, 0.6) is 0 Å². The highest BCUT2D eigenvalue weighted by atomic mass is 16.5. The Hall–Kier alpha value is -3.18. The average Bonchev–Trinajstić information content (AvgIpc) is 3.03. The molecular weight excluding hydrogens is 560 g/mol. The van der Waals surface area contributed by atoms with Crippen LogP contribution in [0.25, 0.3) is 11.1 Å². The van der Waals surface area contributed by atoms with Crippen molar-refractivity contribution in [2.75, 3.05) is 13.2 Å². The standard InChI is InChI=1S/C40H56O5/c1-8-10-11-12-30-15-18-34(19-16-30)35-20-22-36(23-21-35)37-24-17-31(25-33(37)9-2)13-14-32(26-44-38(41)28(3)4)27-45-39(42)29(5)40(6,7)43/h17,20-25,30,32,34,43H,3,5,8-16,18-19,26-27H2,1-2,4,6-7H3. The van der Waals surface area contributed by atoms with Crippen molar-refractivity contribution >= 4 is 11.9 Å². The van der Waals surface area contributed by atoms with Gasteiger partial charge in [-0.05, 0) is 105 Å². The van der Waals surface area contributed by atoms with Crippen molar-refractivity contribution in [1.29, 1.82) is 0 Å². The maximum atomic E-state index is 12.4. The molecule has 1 saturated carbocycles. The first-order valence-electron chi connectivity index (χ1n) is 17.1. The number of unbranched alkanes of at least 4 members (excludes halogenated alkanes) is 2. The van der Waals surface area contributed by atoms with Crippen LogP contribution >= 0.6 is 0 Å². The molecule has 246 valence electrons. The predicted octanol–water partition coefficient (Wildman–Crippen LogP) is 9.31. The lowest BCUT2D eigenvalue weighted by Gasteiger charge is -2.29. The van der Waals surface area contributed by atoms with Crippen LogP contribution in [-0.4, -0.2) is 35.9 Å². The Morgan fingerprint density at radius 1 is 0.933 bits per heavy atom.